The van der Waals surface area contributed by atoms with Gasteiger partial charge in [-0.15, -0.1) is 0 Å². The number of hydrogen-bond acceptors (Lipinski definition) is 4. The first-order valence-electron chi connectivity index (χ1n) is 6.53. The van der Waals surface area contributed by atoms with Gasteiger partial charge in [0.15, 0.2) is 5.84 Å². The van der Waals surface area contributed by atoms with Crippen LogP contribution in [-0.2, 0) is 6.54 Å². The summed E-state index contributed by atoms with van der Waals surface area (Å²) in [6.45, 7) is 2.91. The molecule has 1 saturated carbocycles. The van der Waals surface area contributed by atoms with E-state index in [1.54, 1.807) is 0 Å². The van der Waals surface area contributed by atoms with Gasteiger partial charge in [-0.3, -0.25) is 0 Å². The zero-order chi connectivity index (χ0) is 13.9. The number of nitrogens with two attached hydrogens (primary N) is 1. The Bertz CT molecular complexity index is 476. The molecule has 1 aliphatic rings. The summed E-state index contributed by atoms with van der Waals surface area (Å²) in [5.41, 5.74) is 8.43. The highest BCUT2D eigenvalue weighted by Crippen LogP contribution is 2.31. The van der Waals surface area contributed by atoms with Crippen LogP contribution in [0.2, 0.25) is 0 Å². The highest BCUT2D eigenvalue weighted by Gasteiger charge is 2.35. The predicted octanol–water partition coefficient (Wildman–Crippen LogP) is 1.09. The summed E-state index contributed by atoms with van der Waals surface area (Å²) in [6, 6.07) is 5.71. The van der Waals surface area contributed by atoms with Gasteiger partial charge in [0.1, 0.15) is 0 Å². The molecular weight excluding hydrogens is 242 g/mol. The molecular formula is C14H21N3O2. The van der Waals surface area contributed by atoms with Crippen molar-refractivity contribution in [3.05, 3.63) is 34.9 Å². The minimum absolute atomic E-state index is 0.0866. The van der Waals surface area contributed by atoms with Gasteiger partial charge in [0.25, 0.3) is 0 Å². The van der Waals surface area contributed by atoms with Crippen molar-refractivity contribution in [2.75, 3.05) is 6.61 Å². The van der Waals surface area contributed by atoms with Crippen molar-refractivity contribution in [2.24, 2.45) is 10.9 Å². The molecule has 0 bridgehead atoms. The van der Waals surface area contributed by atoms with Crippen LogP contribution in [0, 0.1) is 6.92 Å². The van der Waals surface area contributed by atoms with Crippen molar-refractivity contribution in [3.63, 3.8) is 0 Å². The molecule has 19 heavy (non-hydrogen) atoms. The van der Waals surface area contributed by atoms with Gasteiger partial charge < -0.3 is 21.4 Å². The van der Waals surface area contributed by atoms with Crippen LogP contribution in [0.5, 0.6) is 0 Å². The topological polar surface area (TPSA) is 90.9 Å². The maximum Gasteiger partial charge on any atom is 0.170 e. The summed E-state index contributed by atoms with van der Waals surface area (Å²) in [4.78, 5) is 0. The summed E-state index contributed by atoms with van der Waals surface area (Å²) in [6.07, 6.45) is 3.24. The minimum atomic E-state index is -0.0866. The van der Waals surface area contributed by atoms with Crippen LogP contribution in [0.25, 0.3) is 0 Å². The molecule has 1 fully saturated rings. The van der Waals surface area contributed by atoms with Gasteiger partial charge in [-0.1, -0.05) is 17.3 Å². The number of aryl methyl sites for hydroxylation is 1. The Morgan fingerprint density at radius 1 is 1.47 bits per heavy atom. The molecule has 1 aromatic carbocycles. The molecule has 5 nitrogen and oxygen atoms in total. The quantitative estimate of drug-likeness (QED) is 0.277. The third kappa shape index (κ3) is 2.88. The van der Waals surface area contributed by atoms with E-state index < -0.39 is 0 Å². The SMILES string of the molecule is Cc1cc(/C(N)=N/O)ccc1CNC1(CO)CCC1. The number of nitrogens with one attached hydrogen (secondary N) is 1. The van der Waals surface area contributed by atoms with Gasteiger partial charge in [-0.25, -0.2) is 0 Å². The number of oxime groups is 1. The molecule has 0 radical (unpaired) electrons. The fourth-order valence-electron chi connectivity index (χ4n) is 2.39. The number of aliphatic hydroxyl groups is 1. The largest absolute Gasteiger partial charge is 0.409 e. The van der Waals surface area contributed by atoms with Crippen molar-refractivity contribution in [1.82, 2.24) is 5.32 Å². The molecule has 0 amide bonds. The van der Waals surface area contributed by atoms with Gasteiger partial charge in [-0.2, -0.15) is 0 Å². The van der Waals surface area contributed by atoms with Crippen LogP contribution in [0.4, 0.5) is 0 Å². The van der Waals surface area contributed by atoms with Gasteiger partial charge in [-0.05, 0) is 43.4 Å². The molecule has 0 unspecified atom stereocenters. The first-order chi connectivity index (χ1) is 9.10. The molecule has 2 rings (SSSR count). The third-order valence-electron chi connectivity index (χ3n) is 4.01. The number of hydrogen-bond donors (Lipinski definition) is 4. The lowest BCUT2D eigenvalue weighted by Crippen LogP contribution is -2.53. The van der Waals surface area contributed by atoms with Crippen LogP contribution in [0.3, 0.4) is 0 Å². The first kappa shape index (κ1) is 13.8. The zero-order valence-corrected chi connectivity index (χ0v) is 11.2. The summed E-state index contributed by atoms with van der Waals surface area (Å²) in [7, 11) is 0. The second-order valence-electron chi connectivity index (χ2n) is 5.27. The van der Waals surface area contributed by atoms with E-state index in [4.69, 9.17) is 10.9 Å². The molecule has 5 heteroatoms. The summed E-state index contributed by atoms with van der Waals surface area (Å²) in [5, 5.41) is 24.5. The maximum absolute atomic E-state index is 9.41. The summed E-state index contributed by atoms with van der Waals surface area (Å²) >= 11 is 0. The fraction of sp³-hybridized carbons (Fsp3) is 0.500. The molecule has 0 atom stereocenters. The number of aliphatic hydroxyl groups excluding tert-OH is 1. The smallest absolute Gasteiger partial charge is 0.170 e. The van der Waals surface area contributed by atoms with E-state index in [9.17, 15) is 5.11 Å². The van der Waals surface area contributed by atoms with E-state index >= 15 is 0 Å². The Hall–Kier alpha value is -1.59. The standard InChI is InChI=1S/C14H21N3O2/c1-10-7-11(13(15)17-19)3-4-12(10)8-16-14(9-18)5-2-6-14/h3-4,7,16,18-19H,2,5-6,8-9H2,1H3,(H2,15,17). The summed E-state index contributed by atoms with van der Waals surface area (Å²) < 4.78 is 0. The number of rotatable bonds is 5. The molecule has 0 spiro atoms. The highest BCUT2D eigenvalue weighted by molar-refractivity contribution is 5.97. The average Bonchev–Trinajstić information content (AvgIpc) is 2.38. The van der Waals surface area contributed by atoms with Gasteiger partial charge in [0.2, 0.25) is 0 Å². The second-order valence-corrected chi connectivity index (χ2v) is 5.27. The Balaban J connectivity index is 2.05. The van der Waals surface area contributed by atoms with Crippen molar-refractivity contribution >= 4 is 5.84 Å². The van der Waals surface area contributed by atoms with E-state index in [1.165, 1.54) is 6.42 Å². The molecule has 0 aromatic heterocycles. The number of nitrogens with zero attached hydrogens (tertiary/aromatic N) is 1. The van der Waals surface area contributed by atoms with Crippen LogP contribution < -0.4 is 11.1 Å². The van der Waals surface area contributed by atoms with Crippen molar-refractivity contribution < 1.29 is 10.3 Å². The molecule has 104 valence electrons. The maximum atomic E-state index is 9.41. The average molecular weight is 263 g/mol. The molecule has 0 heterocycles. The lowest BCUT2D eigenvalue weighted by atomic mass is 9.77. The van der Waals surface area contributed by atoms with Crippen LogP contribution in [0.1, 0.15) is 36.0 Å². The van der Waals surface area contributed by atoms with E-state index in [-0.39, 0.29) is 18.0 Å². The normalized spacial score (nSPS) is 18.1. The Kier molecular flexibility index (Phi) is 4.07. The van der Waals surface area contributed by atoms with Gasteiger partial charge in [0.05, 0.1) is 6.61 Å². The van der Waals surface area contributed by atoms with E-state index in [0.717, 1.165) is 30.5 Å². The Morgan fingerprint density at radius 2 is 2.21 bits per heavy atom. The lowest BCUT2D eigenvalue weighted by Gasteiger charge is -2.41. The monoisotopic (exact) mass is 263 g/mol. The zero-order valence-electron chi connectivity index (χ0n) is 11.2. The second kappa shape index (κ2) is 5.59. The lowest BCUT2D eigenvalue weighted by molar-refractivity contribution is 0.0871. The van der Waals surface area contributed by atoms with Crippen LogP contribution >= 0.6 is 0 Å². The van der Waals surface area contributed by atoms with Crippen molar-refractivity contribution in [2.45, 2.75) is 38.3 Å². The number of benzene rings is 1. The molecule has 0 saturated heterocycles. The Morgan fingerprint density at radius 3 is 2.68 bits per heavy atom. The molecule has 1 aromatic rings. The van der Waals surface area contributed by atoms with E-state index in [0.29, 0.717) is 5.56 Å². The molecule has 0 aliphatic heterocycles. The minimum Gasteiger partial charge on any atom is -0.409 e. The predicted molar refractivity (Wildman–Crippen MR) is 74.2 cm³/mol. The summed E-state index contributed by atoms with van der Waals surface area (Å²) in [5.74, 6) is 0.119. The molecule has 1 aliphatic carbocycles. The van der Waals surface area contributed by atoms with Crippen LogP contribution in [0.15, 0.2) is 23.4 Å². The van der Waals surface area contributed by atoms with Crippen LogP contribution in [-0.4, -0.2) is 28.3 Å². The number of amidine groups is 1. The highest BCUT2D eigenvalue weighted by atomic mass is 16.4. The fourth-order valence-corrected chi connectivity index (χ4v) is 2.39. The van der Waals surface area contributed by atoms with Crippen molar-refractivity contribution in [3.8, 4) is 0 Å². The van der Waals surface area contributed by atoms with E-state index in [2.05, 4.69) is 10.5 Å². The van der Waals surface area contributed by atoms with Gasteiger partial charge in [0, 0.05) is 17.6 Å². The first-order valence-corrected chi connectivity index (χ1v) is 6.53. The Labute approximate surface area is 113 Å². The molecule has 5 N–H and O–H groups in total. The van der Waals surface area contributed by atoms with Crippen molar-refractivity contribution in [1.29, 1.82) is 0 Å². The third-order valence-corrected chi connectivity index (χ3v) is 4.01. The van der Waals surface area contributed by atoms with E-state index in [1.807, 2.05) is 25.1 Å². The van der Waals surface area contributed by atoms with Gasteiger partial charge >= 0.3 is 0 Å².